The van der Waals surface area contributed by atoms with Crippen LogP contribution in [0, 0.1) is 11.6 Å². The van der Waals surface area contributed by atoms with Gasteiger partial charge in [-0.2, -0.15) is 5.10 Å². The number of nitrogens with zero attached hydrogens (tertiary/aromatic N) is 3. The van der Waals surface area contributed by atoms with Crippen LogP contribution in [0.25, 0.3) is 11.5 Å². The van der Waals surface area contributed by atoms with Gasteiger partial charge in [0.15, 0.2) is 5.82 Å². The van der Waals surface area contributed by atoms with Crippen LogP contribution in [0.3, 0.4) is 0 Å². The number of anilines is 1. The average Bonchev–Trinajstić information content (AvgIpc) is 3.37. The summed E-state index contributed by atoms with van der Waals surface area (Å²) in [6.45, 7) is 0. The molecule has 0 aliphatic carbocycles. The lowest BCUT2D eigenvalue weighted by molar-refractivity contribution is 0.0998. The molecular formula is C21H15F2N5O2. The van der Waals surface area contributed by atoms with Gasteiger partial charge in [-0.1, -0.05) is 0 Å². The number of benzene rings is 2. The van der Waals surface area contributed by atoms with Gasteiger partial charge < -0.3 is 15.6 Å². The van der Waals surface area contributed by atoms with Crippen LogP contribution in [0.1, 0.15) is 20.7 Å². The maximum absolute atomic E-state index is 13.7. The number of rotatable bonds is 5. The molecule has 0 saturated carbocycles. The van der Waals surface area contributed by atoms with Crippen molar-refractivity contribution in [2.75, 3.05) is 5.32 Å². The summed E-state index contributed by atoms with van der Waals surface area (Å²) >= 11 is 0. The smallest absolute Gasteiger partial charge is 0.261 e. The molecule has 0 aliphatic rings. The molecule has 0 fully saturated rings. The Morgan fingerprint density at radius 2 is 1.60 bits per heavy atom. The molecule has 4 aromatic rings. The molecule has 0 bridgehead atoms. The van der Waals surface area contributed by atoms with Gasteiger partial charge in [-0.25, -0.2) is 13.5 Å². The third-order valence-corrected chi connectivity index (χ3v) is 4.36. The molecule has 0 atom stereocenters. The van der Waals surface area contributed by atoms with Crippen molar-refractivity contribution in [2.45, 2.75) is 0 Å². The molecule has 30 heavy (non-hydrogen) atoms. The Labute approximate surface area is 169 Å². The van der Waals surface area contributed by atoms with Crippen molar-refractivity contribution in [2.24, 2.45) is 5.73 Å². The minimum Gasteiger partial charge on any atom is -0.366 e. The molecule has 3 N–H and O–H groups in total. The summed E-state index contributed by atoms with van der Waals surface area (Å²) in [4.78, 5) is 24.1. The van der Waals surface area contributed by atoms with Gasteiger partial charge >= 0.3 is 0 Å². The number of carbonyl (C=O) groups is 2. The van der Waals surface area contributed by atoms with E-state index in [4.69, 9.17) is 5.73 Å². The zero-order valence-electron chi connectivity index (χ0n) is 15.4. The van der Waals surface area contributed by atoms with E-state index in [-0.39, 0.29) is 11.3 Å². The van der Waals surface area contributed by atoms with E-state index in [1.54, 1.807) is 41.2 Å². The van der Waals surface area contributed by atoms with Crippen molar-refractivity contribution < 1.29 is 18.4 Å². The first-order chi connectivity index (χ1) is 14.4. The molecule has 2 amide bonds. The predicted octanol–water partition coefficient (Wildman–Crippen LogP) is 3.29. The number of aromatic nitrogens is 3. The Morgan fingerprint density at radius 1 is 0.967 bits per heavy atom. The van der Waals surface area contributed by atoms with E-state index in [2.05, 4.69) is 10.4 Å². The highest BCUT2D eigenvalue weighted by molar-refractivity contribution is 6.06. The molecule has 0 unspecified atom stereocenters. The van der Waals surface area contributed by atoms with Crippen LogP contribution in [0.4, 0.5) is 14.5 Å². The first kappa shape index (κ1) is 19.1. The number of carbonyl (C=O) groups excluding carboxylic acids is 2. The maximum atomic E-state index is 13.7. The lowest BCUT2D eigenvalue weighted by atomic mass is 10.2. The highest BCUT2D eigenvalue weighted by Gasteiger charge is 2.21. The lowest BCUT2D eigenvalue weighted by Gasteiger charge is -2.12. The van der Waals surface area contributed by atoms with E-state index in [1.165, 1.54) is 23.0 Å². The van der Waals surface area contributed by atoms with Gasteiger partial charge in [0.25, 0.3) is 5.91 Å². The van der Waals surface area contributed by atoms with Crippen molar-refractivity contribution >= 4 is 17.5 Å². The van der Waals surface area contributed by atoms with E-state index in [1.807, 2.05) is 0 Å². The number of halogens is 2. The van der Waals surface area contributed by atoms with Gasteiger partial charge in [0.1, 0.15) is 17.2 Å². The van der Waals surface area contributed by atoms with Crippen molar-refractivity contribution in [3.8, 4) is 11.5 Å². The standard InChI is InChI=1S/C21H15F2N5O2/c22-14-9-15(23)11-17(10-14)28-21(27-7-1-2-8-27)18(12-25-28)20(30)26-16-5-3-13(4-6-16)19(24)29/h1-12H,(H2,24,29)(H,26,30). The number of hydrogen-bond donors (Lipinski definition) is 2. The minimum atomic E-state index is -0.764. The van der Waals surface area contributed by atoms with Crippen LogP contribution in [0.15, 0.2) is 73.2 Å². The molecule has 7 nitrogen and oxygen atoms in total. The predicted molar refractivity (Wildman–Crippen MR) is 106 cm³/mol. The number of nitrogens with one attached hydrogen (secondary N) is 1. The van der Waals surface area contributed by atoms with Crippen LogP contribution < -0.4 is 11.1 Å². The summed E-state index contributed by atoms with van der Waals surface area (Å²) in [6.07, 6.45) is 4.68. The molecule has 2 aromatic heterocycles. The molecule has 0 radical (unpaired) electrons. The summed E-state index contributed by atoms with van der Waals surface area (Å²) in [5, 5.41) is 6.87. The molecular weight excluding hydrogens is 392 g/mol. The largest absolute Gasteiger partial charge is 0.366 e. The Hall–Kier alpha value is -4.27. The highest BCUT2D eigenvalue weighted by atomic mass is 19.1. The van der Waals surface area contributed by atoms with Gasteiger partial charge in [0, 0.05) is 29.7 Å². The molecule has 0 spiro atoms. The summed E-state index contributed by atoms with van der Waals surface area (Å²) in [5.41, 5.74) is 6.26. The van der Waals surface area contributed by atoms with Gasteiger partial charge in [-0.05, 0) is 48.5 Å². The molecule has 2 heterocycles. The third kappa shape index (κ3) is 3.68. The Bertz CT molecular complexity index is 1210. The summed E-state index contributed by atoms with van der Waals surface area (Å²) < 4.78 is 30.3. The number of amides is 2. The van der Waals surface area contributed by atoms with Gasteiger partial charge in [0.2, 0.25) is 5.91 Å². The monoisotopic (exact) mass is 407 g/mol. The number of nitrogens with two attached hydrogens (primary N) is 1. The zero-order valence-corrected chi connectivity index (χ0v) is 15.4. The topological polar surface area (TPSA) is 94.9 Å². The Balaban J connectivity index is 1.74. The van der Waals surface area contributed by atoms with Crippen LogP contribution in [-0.4, -0.2) is 26.2 Å². The minimum absolute atomic E-state index is 0.126. The Morgan fingerprint density at radius 3 is 2.20 bits per heavy atom. The van der Waals surface area contributed by atoms with Crippen molar-refractivity contribution in [1.82, 2.24) is 14.3 Å². The molecule has 9 heteroatoms. The number of hydrogen-bond acceptors (Lipinski definition) is 3. The van der Waals surface area contributed by atoms with E-state index in [0.717, 1.165) is 18.2 Å². The maximum Gasteiger partial charge on any atom is 0.261 e. The Kier molecular flexibility index (Phi) is 4.85. The SMILES string of the molecule is NC(=O)c1ccc(NC(=O)c2cnn(-c3cc(F)cc(F)c3)c2-n2cccc2)cc1. The molecule has 4 rings (SSSR count). The zero-order chi connectivity index (χ0) is 21.3. The summed E-state index contributed by atoms with van der Waals surface area (Å²) in [7, 11) is 0. The van der Waals surface area contributed by atoms with Crippen LogP contribution in [-0.2, 0) is 0 Å². The third-order valence-electron chi connectivity index (χ3n) is 4.36. The highest BCUT2D eigenvalue weighted by Crippen LogP contribution is 2.22. The van der Waals surface area contributed by atoms with Crippen LogP contribution in [0.5, 0.6) is 0 Å². The van der Waals surface area contributed by atoms with Gasteiger partial charge in [0.05, 0.1) is 11.9 Å². The second-order valence-corrected chi connectivity index (χ2v) is 6.41. The normalized spacial score (nSPS) is 10.7. The van der Waals surface area contributed by atoms with E-state index >= 15 is 0 Å². The average molecular weight is 407 g/mol. The molecule has 0 saturated heterocycles. The first-order valence-electron chi connectivity index (χ1n) is 8.81. The second-order valence-electron chi connectivity index (χ2n) is 6.41. The van der Waals surface area contributed by atoms with Crippen LogP contribution >= 0.6 is 0 Å². The van der Waals surface area contributed by atoms with Gasteiger partial charge in [-0.15, -0.1) is 0 Å². The first-order valence-corrected chi connectivity index (χ1v) is 8.81. The fraction of sp³-hybridized carbons (Fsp3) is 0. The van der Waals surface area contributed by atoms with Crippen LogP contribution in [0.2, 0.25) is 0 Å². The van der Waals surface area contributed by atoms with E-state index < -0.39 is 23.4 Å². The fourth-order valence-corrected chi connectivity index (χ4v) is 2.99. The van der Waals surface area contributed by atoms with Crippen molar-refractivity contribution in [3.63, 3.8) is 0 Å². The number of primary amides is 1. The molecule has 150 valence electrons. The van der Waals surface area contributed by atoms with Crippen molar-refractivity contribution in [3.05, 3.63) is 95.9 Å². The fourth-order valence-electron chi connectivity index (χ4n) is 2.99. The van der Waals surface area contributed by atoms with Gasteiger partial charge in [-0.3, -0.25) is 9.59 Å². The van der Waals surface area contributed by atoms with E-state index in [0.29, 0.717) is 17.1 Å². The quantitative estimate of drug-likeness (QED) is 0.531. The molecule has 2 aromatic carbocycles. The second kappa shape index (κ2) is 7.63. The summed E-state index contributed by atoms with van der Waals surface area (Å²) in [5.74, 6) is -2.30. The van der Waals surface area contributed by atoms with E-state index in [9.17, 15) is 18.4 Å². The molecule has 0 aliphatic heterocycles. The summed E-state index contributed by atoms with van der Waals surface area (Å²) in [6, 6.07) is 12.5. The van der Waals surface area contributed by atoms with Crippen molar-refractivity contribution in [1.29, 1.82) is 0 Å². The lowest BCUT2D eigenvalue weighted by Crippen LogP contribution is -2.16.